The summed E-state index contributed by atoms with van der Waals surface area (Å²) in [6.07, 6.45) is 7.13. The van der Waals surface area contributed by atoms with Crippen molar-refractivity contribution in [1.82, 2.24) is 14.5 Å². The highest BCUT2D eigenvalue weighted by Gasteiger charge is 2.21. The first-order valence-electron chi connectivity index (χ1n) is 8.53. The lowest BCUT2D eigenvalue weighted by Gasteiger charge is -2.34. The van der Waals surface area contributed by atoms with E-state index in [2.05, 4.69) is 9.88 Å². The fraction of sp³-hybridized carbons (Fsp3) is 0.368. The molecule has 0 radical (unpaired) electrons. The maximum atomic E-state index is 12.5. The molecular weight excluding hydrogens is 368 g/mol. The van der Waals surface area contributed by atoms with Gasteiger partial charge in [0.15, 0.2) is 11.5 Å². The largest absolute Gasteiger partial charge is 0.493 e. The van der Waals surface area contributed by atoms with Gasteiger partial charge in [-0.25, -0.2) is 4.98 Å². The van der Waals surface area contributed by atoms with Crippen LogP contribution in [0.4, 0.5) is 5.95 Å². The minimum atomic E-state index is 0. The first-order valence-corrected chi connectivity index (χ1v) is 8.53. The molecule has 1 aliphatic rings. The summed E-state index contributed by atoms with van der Waals surface area (Å²) in [5, 5.41) is 0. The van der Waals surface area contributed by atoms with Crippen molar-refractivity contribution in [2.45, 2.75) is 0 Å². The Morgan fingerprint density at radius 1 is 1.11 bits per heavy atom. The Hall–Kier alpha value is -2.67. The van der Waals surface area contributed by atoms with Gasteiger partial charge in [-0.15, -0.1) is 12.4 Å². The van der Waals surface area contributed by atoms with Crippen LogP contribution in [0.3, 0.4) is 0 Å². The SMILES string of the molecule is COc1ccc(/C=C/C(=O)N2CCN(c3nccn3C)CC2)cc1OC.Cl. The van der Waals surface area contributed by atoms with E-state index in [1.54, 1.807) is 32.6 Å². The number of aromatic nitrogens is 2. The van der Waals surface area contributed by atoms with Crippen molar-refractivity contribution in [2.75, 3.05) is 45.3 Å². The lowest BCUT2D eigenvalue weighted by molar-refractivity contribution is -0.126. The molecule has 0 aliphatic carbocycles. The summed E-state index contributed by atoms with van der Waals surface area (Å²) in [4.78, 5) is 20.9. The minimum absolute atomic E-state index is 0. The van der Waals surface area contributed by atoms with Gasteiger partial charge in [0.25, 0.3) is 0 Å². The number of piperazine rings is 1. The molecule has 0 unspecified atom stereocenters. The summed E-state index contributed by atoms with van der Waals surface area (Å²) in [7, 11) is 5.17. The third-order valence-corrected chi connectivity index (χ3v) is 4.50. The van der Waals surface area contributed by atoms with Crippen LogP contribution in [0.25, 0.3) is 6.08 Å². The number of rotatable bonds is 5. The molecule has 1 fully saturated rings. The normalized spacial score (nSPS) is 14.2. The van der Waals surface area contributed by atoms with E-state index in [-0.39, 0.29) is 18.3 Å². The average Bonchev–Trinajstić information content (AvgIpc) is 3.11. The fourth-order valence-electron chi connectivity index (χ4n) is 3.02. The van der Waals surface area contributed by atoms with Crippen LogP contribution >= 0.6 is 12.4 Å². The topological polar surface area (TPSA) is 59.8 Å². The van der Waals surface area contributed by atoms with Crippen molar-refractivity contribution in [1.29, 1.82) is 0 Å². The number of nitrogens with zero attached hydrogens (tertiary/aromatic N) is 4. The third kappa shape index (κ3) is 4.74. The lowest BCUT2D eigenvalue weighted by atomic mass is 10.2. The number of hydrogen-bond donors (Lipinski definition) is 0. The van der Waals surface area contributed by atoms with E-state index >= 15 is 0 Å². The molecule has 0 spiro atoms. The first kappa shape index (κ1) is 20.6. The maximum absolute atomic E-state index is 12.5. The van der Waals surface area contributed by atoms with Crippen LogP contribution in [-0.4, -0.2) is 60.8 Å². The molecule has 2 heterocycles. The van der Waals surface area contributed by atoms with Crippen LogP contribution in [0.5, 0.6) is 11.5 Å². The highest BCUT2D eigenvalue weighted by Crippen LogP contribution is 2.28. The van der Waals surface area contributed by atoms with Gasteiger partial charge in [0.05, 0.1) is 14.2 Å². The number of amides is 1. The summed E-state index contributed by atoms with van der Waals surface area (Å²) >= 11 is 0. The van der Waals surface area contributed by atoms with Crippen LogP contribution in [-0.2, 0) is 11.8 Å². The van der Waals surface area contributed by atoms with Gasteiger partial charge in [-0.05, 0) is 23.8 Å². The summed E-state index contributed by atoms with van der Waals surface area (Å²) in [6.45, 7) is 2.92. The van der Waals surface area contributed by atoms with E-state index < -0.39 is 0 Å². The Labute approximate surface area is 165 Å². The standard InChI is InChI=1S/C19H24N4O3.ClH/c1-21-9-8-20-19(21)23-12-10-22(11-13-23)18(24)7-5-15-4-6-16(25-2)17(14-15)26-3;/h4-9,14H,10-13H2,1-3H3;1H/b7-5+;. The number of carbonyl (C=O) groups is 1. The molecule has 7 nitrogen and oxygen atoms in total. The Kier molecular flexibility index (Phi) is 7.12. The van der Waals surface area contributed by atoms with Crippen molar-refractivity contribution in [3.63, 3.8) is 0 Å². The number of benzene rings is 1. The molecule has 1 aromatic heterocycles. The van der Waals surface area contributed by atoms with Crippen LogP contribution in [0.1, 0.15) is 5.56 Å². The maximum Gasteiger partial charge on any atom is 0.246 e. The second kappa shape index (κ2) is 9.32. The van der Waals surface area contributed by atoms with Crippen LogP contribution in [0.2, 0.25) is 0 Å². The van der Waals surface area contributed by atoms with E-state index in [4.69, 9.17) is 9.47 Å². The molecule has 0 atom stereocenters. The highest BCUT2D eigenvalue weighted by molar-refractivity contribution is 5.92. The summed E-state index contributed by atoms with van der Waals surface area (Å²) in [5.74, 6) is 2.27. The van der Waals surface area contributed by atoms with Gasteiger partial charge in [0.2, 0.25) is 11.9 Å². The van der Waals surface area contributed by atoms with E-state index in [1.807, 2.05) is 40.9 Å². The highest BCUT2D eigenvalue weighted by atomic mass is 35.5. The Balaban J connectivity index is 0.00000261. The van der Waals surface area contributed by atoms with Crippen molar-refractivity contribution < 1.29 is 14.3 Å². The molecule has 146 valence electrons. The van der Waals surface area contributed by atoms with E-state index in [1.165, 1.54) is 0 Å². The molecule has 3 rings (SSSR count). The zero-order valence-corrected chi connectivity index (χ0v) is 16.6. The number of aryl methyl sites for hydroxylation is 1. The summed E-state index contributed by atoms with van der Waals surface area (Å²) in [6, 6.07) is 5.57. The van der Waals surface area contributed by atoms with Crippen LogP contribution in [0, 0.1) is 0 Å². The van der Waals surface area contributed by atoms with Crippen LogP contribution in [0.15, 0.2) is 36.7 Å². The van der Waals surface area contributed by atoms with Gasteiger partial charge in [-0.1, -0.05) is 6.07 Å². The summed E-state index contributed by atoms with van der Waals surface area (Å²) in [5.41, 5.74) is 0.891. The van der Waals surface area contributed by atoms with Crippen LogP contribution < -0.4 is 14.4 Å². The molecule has 0 bridgehead atoms. The zero-order valence-electron chi connectivity index (χ0n) is 15.8. The number of halogens is 1. The predicted molar refractivity (Wildman–Crippen MR) is 108 cm³/mol. The number of carbonyl (C=O) groups excluding carboxylic acids is 1. The molecule has 8 heteroatoms. The van der Waals surface area contributed by atoms with Gasteiger partial charge in [-0.3, -0.25) is 4.79 Å². The van der Waals surface area contributed by atoms with E-state index in [0.29, 0.717) is 24.6 Å². The van der Waals surface area contributed by atoms with Crippen molar-refractivity contribution >= 4 is 30.3 Å². The van der Waals surface area contributed by atoms with Gasteiger partial charge < -0.3 is 23.8 Å². The van der Waals surface area contributed by atoms with E-state index in [0.717, 1.165) is 24.6 Å². The molecule has 1 saturated heterocycles. The molecule has 1 aliphatic heterocycles. The van der Waals surface area contributed by atoms with E-state index in [9.17, 15) is 4.79 Å². The third-order valence-electron chi connectivity index (χ3n) is 4.50. The number of ether oxygens (including phenoxy) is 2. The van der Waals surface area contributed by atoms with Gasteiger partial charge in [0, 0.05) is 51.7 Å². The average molecular weight is 393 g/mol. The smallest absolute Gasteiger partial charge is 0.246 e. The molecule has 0 N–H and O–H groups in total. The molecule has 1 aromatic carbocycles. The van der Waals surface area contributed by atoms with Crippen molar-refractivity contribution in [3.8, 4) is 11.5 Å². The number of methoxy groups -OCH3 is 2. The minimum Gasteiger partial charge on any atom is -0.493 e. The Bertz CT molecular complexity index is 798. The number of imidazole rings is 1. The van der Waals surface area contributed by atoms with Gasteiger partial charge in [0.1, 0.15) is 0 Å². The van der Waals surface area contributed by atoms with Gasteiger partial charge >= 0.3 is 0 Å². The molecular formula is C19H25ClN4O3. The van der Waals surface area contributed by atoms with Crippen molar-refractivity contribution in [3.05, 3.63) is 42.2 Å². The second-order valence-corrected chi connectivity index (χ2v) is 6.10. The lowest BCUT2D eigenvalue weighted by Crippen LogP contribution is -2.49. The first-order chi connectivity index (χ1) is 12.6. The molecule has 27 heavy (non-hydrogen) atoms. The predicted octanol–water partition coefficient (Wildman–Crippen LogP) is 2.22. The Morgan fingerprint density at radius 2 is 1.81 bits per heavy atom. The quantitative estimate of drug-likeness (QED) is 0.730. The second-order valence-electron chi connectivity index (χ2n) is 6.10. The van der Waals surface area contributed by atoms with Gasteiger partial charge in [-0.2, -0.15) is 0 Å². The summed E-state index contributed by atoms with van der Waals surface area (Å²) < 4.78 is 12.5. The fourth-order valence-corrected chi connectivity index (χ4v) is 3.02. The zero-order chi connectivity index (χ0) is 18.5. The molecule has 0 saturated carbocycles. The van der Waals surface area contributed by atoms with Crippen molar-refractivity contribution in [2.24, 2.45) is 7.05 Å². The monoisotopic (exact) mass is 392 g/mol. The molecule has 1 amide bonds. The number of anilines is 1. The molecule has 2 aromatic rings. The number of hydrogen-bond acceptors (Lipinski definition) is 5. The Morgan fingerprint density at radius 3 is 2.41 bits per heavy atom.